The van der Waals surface area contributed by atoms with E-state index in [-0.39, 0.29) is 10.7 Å². The minimum Gasteiger partial charge on any atom is -0.493 e. The normalized spacial score (nSPS) is 16.1. The second-order valence-corrected chi connectivity index (χ2v) is 6.84. The predicted octanol–water partition coefficient (Wildman–Crippen LogP) is 3.33. The van der Waals surface area contributed by atoms with Crippen molar-refractivity contribution in [3.63, 3.8) is 0 Å². The first-order valence-corrected chi connectivity index (χ1v) is 7.83. The van der Waals surface area contributed by atoms with Gasteiger partial charge in [0.05, 0.1) is 12.0 Å². The van der Waals surface area contributed by atoms with Gasteiger partial charge in [-0.05, 0) is 56.3 Å². The number of methoxy groups -OCH3 is 1. The molecule has 0 aliphatic carbocycles. The number of carbonyl (C=O) groups is 3. The molecular weight excluding hydrogens is 334 g/mol. The zero-order chi connectivity index (χ0) is 17.9. The van der Waals surface area contributed by atoms with Crippen LogP contribution in [0.1, 0.15) is 26.3 Å². The van der Waals surface area contributed by atoms with Gasteiger partial charge in [-0.3, -0.25) is 14.9 Å². The standard InChI is InChI=1S/C16H17NO6S/c1-16(2,3)23-15(20)22-10-6-5-9(7-11(10)21-4)8-12-13(18)17-14(19)24-12/h5-8H,1-4H3,(H,17,18,19)/b12-8-. The van der Waals surface area contributed by atoms with Crippen LogP contribution < -0.4 is 14.8 Å². The van der Waals surface area contributed by atoms with E-state index in [4.69, 9.17) is 14.2 Å². The van der Waals surface area contributed by atoms with Gasteiger partial charge in [-0.25, -0.2) is 4.79 Å². The summed E-state index contributed by atoms with van der Waals surface area (Å²) in [5, 5.41) is 1.76. The Labute approximate surface area is 143 Å². The highest BCUT2D eigenvalue weighted by Crippen LogP contribution is 2.32. The molecule has 2 rings (SSSR count). The quantitative estimate of drug-likeness (QED) is 0.507. The number of nitrogens with one attached hydrogen (secondary N) is 1. The van der Waals surface area contributed by atoms with Gasteiger partial charge in [0.15, 0.2) is 11.5 Å². The van der Waals surface area contributed by atoms with Gasteiger partial charge in [-0.15, -0.1) is 0 Å². The molecule has 0 unspecified atom stereocenters. The van der Waals surface area contributed by atoms with Crippen molar-refractivity contribution < 1.29 is 28.6 Å². The van der Waals surface area contributed by atoms with Crippen molar-refractivity contribution in [2.45, 2.75) is 26.4 Å². The van der Waals surface area contributed by atoms with Gasteiger partial charge in [0, 0.05) is 0 Å². The van der Waals surface area contributed by atoms with Crippen molar-refractivity contribution >= 4 is 35.1 Å². The molecule has 1 aliphatic rings. The zero-order valence-electron chi connectivity index (χ0n) is 13.7. The molecule has 7 nitrogen and oxygen atoms in total. The van der Waals surface area contributed by atoms with Crippen LogP contribution in [0, 0.1) is 0 Å². The fraction of sp³-hybridized carbons (Fsp3) is 0.312. The molecule has 1 N–H and O–H groups in total. The monoisotopic (exact) mass is 351 g/mol. The van der Waals surface area contributed by atoms with Crippen molar-refractivity contribution in [1.29, 1.82) is 0 Å². The Hall–Kier alpha value is -2.48. The van der Waals surface area contributed by atoms with E-state index >= 15 is 0 Å². The van der Waals surface area contributed by atoms with E-state index in [1.54, 1.807) is 39.0 Å². The first-order valence-electron chi connectivity index (χ1n) is 7.01. The summed E-state index contributed by atoms with van der Waals surface area (Å²) in [6, 6.07) is 4.74. The Balaban J connectivity index is 2.19. The van der Waals surface area contributed by atoms with E-state index in [2.05, 4.69) is 5.32 Å². The molecule has 0 atom stereocenters. The second-order valence-electron chi connectivity index (χ2n) is 5.83. The van der Waals surface area contributed by atoms with Gasteiger partial charge in [-0.1, -0.05) is 6.07 Å². The van der Waals surface area contributed by atoms with Crippen LogP contribution >= 0.6 is 11.8 Å². The molecule has 128 valence electrons. The fourth-order valence-corrected chi connectivity index (χ4v) is 2.47. The molecule has 0 radical (unpaired) electrons. The van der Waals surface area contributed by atoms with Crippen molar-refractivity contribution in [1.82, 2.24) is 5.32 Å². The SMILES string of the molecule is COc1cc(/C=C2\SC(=O)NC2=O)ccc1OC(=O)OC(C)(C)C. The Morgan fingerprint density at radius 2 is 1.92 bits per heavy atom. The molecule has 1 aromatic rings. The topological polar surface area (TPSA) is 90.9 Å². The Morgan fingerprint density at radius 3 is 2.46 bits per heavy atom. The van der Waals surface area contributed by atoms with Crippen molar-refractivity contribution in [3.05, 3.63) is 28.7 Å². The summed E-state index contributed by atoms with van der Waals surface area (Å²) in [6.45, 7) is 5.19. The van der Waals surface area contributed by atoms with E-state index in [0.717, 1.165) is 11.8 Å². The van der Waals surface area contributed by atoms with E-state index < -0.39 is 22.9 Å². The van der Waals surface area contributed by atoms with Gasteiger partial charge in [0.1, 0.15) is 5.60 Å². The number of benzene rings is 1. The molecule has 0 bridgehead atoms. The number of hydrogen-bond donors (Lipinski definition) is 1. The molecule has 0 spiro atoms. The third-order valence-electron chi connectivity index (χ3n) is 2.71. The van der Waals surface area contributed by atoms with E-state index in [0.29, 0.717) is 11.3 Å². The molecule has 24 heavy (non-hydrogen) atoms. The Kier molecular flexibility index (Phi) is 5.18. The molecule has 8 heteroatoms. The molecule has 0 saturated carbocycles. The first kappa shape index (κ1) is 17.9. The van der Waals surface area contributed by atoms with Gasteiger partial charge in [0.25, 0.3) is 11.1 Å². The van der Waals surface area contributed by atoms with E-state index in [1.807, 2.05) is 0 Å². The molecule has 2 amide bonds. The Bertz CT molecular complexity index is 720. The van der Waals surface area contributed by atoms with Gasteiger partial charge in [-0.2, -0.15) is 0 Å². The third kappa shape index (κ3) is 4.76. The summed E-state index contributed by atoms with van der Waals surface area (Å²) >= 11 is 0.819. The van der Waals surface area contributed by atoms with Crippen molar-refractivity contribution in [3.8, 4) is 11.5 Å². The number of hydrogen-bond acceptors (Lipinski definition) is 7. The number of imide groups is 1. The predicted molar refractivity (Wildman–Crippen MR) is 89.0 cm³/mol. The summed E-state index contributed by atoms with van der Waals surface area (Å²) < 4.78 is 15.4. The minimum atomic E-state index is -0.844. The highest BCUT2D eigenvalue weighted by molar-refractivity contribution is 8.18. The maximum absolute atomic E-state index is 11.7. The number of carbonyl (C=O) groups excluding carboxylic acids is 3. The molecule has 1 aromatic carbocycles. The van der Waals surface area contributed by atoms with Gasteiger partial charge in [0.2, 0.25) is 0 Å². The highest BCUT2D eigenvalue weighted by Gasteiger charge is 2.25. The fourth-order valence-electron chi connectivity index (χ4n) is 1.79. The molecule has 1 aliphatic heterocycles. The number of rotatable bonds is 3. The zero-order valence-corrected chi connectivity index (χ0v) is 14.5. The van der Waals surface area contributed by atoms with Crippen LogP contribution in [-0.4, -0.2) is 30.0 Å². The molecule has 1 fully saturated rings. The van der Waals surface area contributed by atoms with Crippen molar-refractivity contribution in [2.75, 3.05) is 7.11 Å². The van der Waals surface area contributed by atoms with Crippen LogP contribution in [0.25, 0.3) is 6.08 Å². The van der Waals surface area contributed by atoms with E-state index in [1.165, 1.54) is 13.2 Å². The molecular formula is C16H17NO6S. The lowest BCUT2D eigenvalue weighted by Crippen LogP contribution is -2.26. The number of ether oxygens (including phenoxy) is 3. The third-order valence-corrected chi connectivity index (χ3v) is 3.52. The smallest absolute Gasteiger partial charge is 0.493 e. The number of thioether (sulfide) groups is 1. The van der Waals surface area contributed by atoms with Crippen LogP contribution in [0.2, 0.25) is 0 Å². The van der Waals surface area contributed by atoms with E-state index in [9.17, 15) is 14.4 Å². The molecule has 0 aromatic heterocycles. The number of amides is 2. The van der Waals surface area contributed by atoms with Crippen molar-refractivity contribution in [2.24, 2.45) is 0 Å². The lowest BCUT2D eigenvalue weighted by molar-refractivity contribution is -0.115. The average Bonchev–Trinajstić information content (AvgIpc) is 2.76. The van der Waals surface area contributed by atoms with Crippen LogP contribution in [0.5, 0.6) is 11.5 Å². The highest BCUT2D eigenvalue weighted by atomic mass is 32.2. The van der Waals surface area contributed by atoms with Crippen LogP contribution in [-0.2, 0) is 9.53 Å². The minimum absolute atomic E-state index is 0.188. The average molecular weight is 351 g/mol. The summed E-state index contributed by atoms with van der Waals surface area (Å²) in [7, 11) is 1.43. The summed E-state index contributed by atoms with van der Waals surface area (Å²) in [4.78, 5) is 34.7. The lowest BCUT2D eigenvalue weighted by Gasteiger charge is -2.19. The Morgan fingerprint density at radius 1 is 1.21 bits per heavy atom. The summed E-state index contributed by atoms with van der Waals surface area (Å²) in [5.74, 6) is 0.0384. The summed E-state index contributed by atoms with van der Waals surface area (Å²) in [6.07, 6.45) is 0.702. The maximum atomic E-state index is 11.7. The molecule has 1 heterocycles. The van der Waals surface area contributed by atoms with Crippen LogP contribution in [0.4, 0.5) is 9.59 Å². The maximum Gasteiger partial charge on any atom is 0.514 e. The van der Waals surface area contributed by atoms with Crippen LogP contribution in [0.15, 0.2) is 23.1 Å². The summed E-state index contributed by atoms with van der Waals surface area (Å²) in [5.41, 5.74) is -0.0513. The van der Waals surface area contributed by atoms with Gasteiger partial charge >= 0.3 is 6.16 Å². The largest absolute Gasteiger partial charge is 0.514 e. The molecule has 1 saturated heterocycles. The first-order chi connectivity index (χ1) is 11.2. The van der Waals surface area contributed by atoms with Crippen LogP contribution in [0.3, 0.4) is 0 Å². The second kappa shape index (κ2) is 6.96. The van der Waals surface area contributed by atoms with Gasteiger partial charge < -0.3 is 14.2 Å². The lowest BCUT2D eigenvalue weighted by atomic mass is 10.2.